The molecule has 2 aromatic rings. The van der Waals surface area contributed by atoms with Gasteiger partial charge in [-0.3, -0.25) is 0 Å². The van der Waals surface area contributed by atoms with Crippen molar-refractivity contribution in [1.29, 1.82) is 0 Å². The van der Waals surface area contributed by atoms with Crippen LogP contribution in [-0.2, 0) is 12.0 Å². The summed E-state index contributed by atoms with van der Waals surface area (Å²) in [6, 6.07) is 8.42. The molecular formula is C17H21N3O2. The Balaban J connectivity index is 1.86. The van der Waals surface area contributed by atoms with E-state index >= 15 is 0 Å². The molecule has 0 aliphatic heterocycles. The van der Waals surface area contributed by atoms with Crippen molar-refractivity contribution in [2.45, 2.75) is 51.5 Å². The number of hydrogen-bond donors (Lipinski definition) is 1. The fourth-order valence-corrected chi connectivity index (χ4v) is 2.63. The van der Waals surface area contributed by atoms with Gasteiger partial charge in [0.05, 0.1) is 12.2 Å². The summed E-state index contributed by atoms with van der Waals surface area (Å²) in [5.41, 5.74) is 3.39. The molecule has 0 spiro atoms. The average Bonchev–Trinajstić information content (AvgIpc) is 3.19. The molecule has 0 amide bonds. The minimum Gasteiger partial charge on any atom is -0.476 e. The molecule has 116 valence electrons. The maximum absolute atomic E-state index is 11.3. The number of hydrogen-bond acceptors (Lipinski definition) is 3. The van der Waals surface area contributed by atoms with E-state index in [1.54, 1.807) is 4.68 Å². The van der Waals surface area contributed by atoms with Crippen LogP contribution in [-0.4, -0.2) is 26.1 Å². The van der Waals surface area contributed by atoms with Crippen molar-refractivity contribution in [3.05, 3.63) is 46.8 Å². The Bertz CT molecular complexity index is 692. The van der Waals surface area contributed by atoms with Gasteiger partial charge in [-0.05, 0) is 29.4 Å². The number of aromatic carboxylic acids is 1. The van der Waals surface area contributed by atoms with Crippen LogP contribution < -0.4 is 0 Å². The Morgan fingerprint density at radius 1 is 1.27 bits per heavy atom. The lowest BCUT2D eigenvalue weighted by molar-refractivity contribution is 0.0689. The van der Waals surface area contributed by atoms with E-state index in [2.05, 4.69) is 55.3 Å². The number of nitrogens with zero attached hydrogens (tertiary/aromatic N) is 3. The number of benzene rings is 1. The second-order valence-electron chi connectivity index (χ2n) is 7.01. The van der Waals surface area contributed by atoms with Crippen LogP contribution in [0.1, 0.15) is 66.8 Å². The zero-order chi connectivity index (χ0) is 15.9. The highest BCUT2D eigenvalue weighted by atomic mass is 16.4. The fraction of sp³-hybridized carbons (Fsp3) is 0.471. The summed E-state index contributed by atoms with van der Waals surface area (Å²) < 4.78 is 1.74. The minimum absolute atomic E-state index is 0.105. The van der Waals surface area contributed by atoms with Crippen LogP contribution in [0.3, 0.4) is 0 Å². The molecule has 1 aliphatic rings. The average molecular weight is 299 g/mol. The van der Waals surface area contributed by atoms with E-state index < -0.39 is 5.97 Å². The molecule has 0 bridgehead atoms. The number of carboxylic acids is 1. The SMILES string of the molecule is CC(C)(C)c1ccc(Cn2nnc(C(=O)O)c2C2CC2)cc1. The van der Waals surface area contributed by atoms with Crippen molar-refractivity contribution >= 4 is 5.97 Å². The van der Waals surface area contributed by atoms with Gasteiger partial charge in [0.2, 0.25) is 0 Å². The van der Waals surface area contributed by atoms with Crippen LogP contribution in [0.4, 0.5) is 0 Å². The quantitative estimate of drug-likeness (QED) is 0.941. The van der Waals surface area contributed by atoms with Gasteiger partial charge in [-0.1, -0.05) is 50.3 Å². The first-order chi connectivity index (χ1) is 10.4. The minimum atomic E-state index is -0.990. The van der Waals surface area contributed by atoms with Crippen molar-refractivity contribution in [3.8, 4) is 0 Å². The second-order valence-corrected chi connectivity index (χ2v) is 7.01. The second kappa shape index (κ2) is 5.23. The molecule has 0 radical (unpaired) electrons. The van der Waals surface area contributed by atoms with Gasteiger partial charge in [0.1, 0.15) is 0 Å². The normalized spacial score (nSPS) is 15.0. The highest BCUT2D eigenvalue weighted by molar-refractivity contribution is 5.86. The fourth-order valence-electron chi connectivity index (χ4n) is 2.63. The highest BCUT2D eigenvalue weighted by Gasteiger charge is 2.33. The first kappa shape index (κ1) is 14.8. The first-order valence-corrected chi connectivity index (χ1v) is 7.62. The number of aromatic nitrogens is 3. The molecular weight excluding hydrogens is 278 g/mol. The Hall–Kier alpha value is -2.17. The summed E-state index contributed by atoms with van der Waals surface area (Å²) in [6.07, 6.45) is 2.05. The summed E-state index contributed by atoms with van der Waals surface area (Å²) in [5, 5.41) is 17.1. The van der Waals surface area contributed by atoms with Crippen LogP contribution in [0, 0.1) is 0 Å². The van der Waals surface area contributed by atoms with Gasteiger partial charge in [-0.25, -0.2) is 9.48 Å². The molecule has 1 saturated carbocycles. The van der Waals surface area contributed by atoms with Crippen LogP contribution >= 0.6 is 0 Å². The van der Waals surface area contributed by atoms with Crippen LogP contribution in [0.2, 0.25) is 0 Å². The maximum Gasteiger partial charge on any atom is 0.358 e. The van der Waals surface area contributed by atoms with Gasteiger partial charge in [-0.2, -0.15) is 0 Å². The van der Waals surface area contributed by atoms with Crippen molar-refractivity contribution in [2.24, 2.45) is 0 Å². The monoisotopic (exact) mass is 299 g/mol. The molecule has 0 atom stereocenters. The van der Waals surface area contributed by atoms with Gasteiger partial charge >= 0.3 is 5.97 Å². The van der Waals surface area contributed by atoms with Gasteiger partial charge in [0.25, 0.3) is 0 Å². The summed E-state index contributed by atoms with van der Waals surface area (Å²) in [6.45, 7) is 7.12. The van der Waals surface area contributed by atoms with Crippen molar-refractivity contribution in [1.82, 2.24) is 15.0 Å². The zero-order valence-electron chi connectivity index (χ0n) is 13.2. The molecule has 0 unspecified atom stereocenters. The Kier molecular flexibility index (Phi) is 3.51. The Morgan fingerprint density at radius 2 is 1.91 bits per heavy atom. The lowest BCUT2D eigenvalue weighted by atomic mass is 9.87. The molecule has 22 heavy (non-hydrogen) atoms. The predicted octanol–water partition coefficient (Wildman–Crippen LogP) is 3.20. The lowest BCUT2D eigenvalue weighted by Crippen LogP contribution is -2.12. The van der Waals surface area contributed by atoms with Crippen LogP contribution in [0.25, 0.3) is 0 Å². The molecule has 5 nitrogen and oxygen atoms in total. The number of carboxylic acid groups (broad SMARTS) is 1. The first-order valence-electron chi connectivity index (χ1n) is 7.62. The molecule has 1 aliphatic carbocycles. The molecule has 3 rings (SSSR count). The van der Waals surface area contributed by atoms with E-state index in [-0.39, 0.29) is 11.1 Å². The van der Waals surface area contributed by atoms with Gasteiger partial charge in [0.15, 0.2) is 5.69 Å². The molecule has 1 aromatic carbocycles. The number of carbonyl (C=O) groups is 1. The molecule has 1 N–H and O–H groups in total. The van der Waals surface area contributed by atoms with E-state index in [9.17, 15) is 9.90 Å². The summed E-state index contributed by atoms with van der Waals surface area (Å²) in [4.78, 5) is 11.3. The Morgan fingerprint density at radius 3 is 2.41 bits per heavy atom. The molecule has 5 heteroatoms. The van der Waals surface area contributed by atoms with E-state index in [0.717, 1.165) is 24.1 Å². The van der Waals surface area contributed by atoms with E-state index in [1.165, 1.54) is 5.56 Å². The van der Waals surface area contributed by atoms with E-state index in [0.29, 0.717) is 12.5 Å². The molecule has 0 saturated heterocycles. The maximum atomic E-state index is 11.3. The van der Waals surface area contributed by atoms with Crippen LogP contribution in [0.15, 0.2) is 24.3 Å². The van der Waals surface area contributed by atoms with Gasteiger partial charge in [-0.15, -0.1) is 5.10 Å². The lowest BCUT2D eigenvalue weighted by Gasteiger charge is -2.19. The van der Waals surface area contributed by atoms with Crippen molar-refractivity contribution in [2.75, 3.05) is 0 Å². The zero-order valence-corrected chi connectivity index (χ0v) is 13.2. The molecule has 1 fully saturated rings. The standard InChI is InChI=1S/C17H21N3O2/c1-17(2,3)13-8-4-11(5-9-13)10-20-15(12-6-7-12)14(16(21)22)18-19-20/h4-5,8-9,12H,6-7,10H2,1-3H3,(H,21,22). The summed E-state index contributed by atoms with van der Waals surface area (Å²) in [5.74, 6) is -0.689. The molecule has 1 aromatic heterocycles. The molecule has 1 heterocycles. The van der Waals surface area contributed by atoms with Crippen molar-refractivity contribution in [3.63, 3.8) is 0 Å². The third kappa shape index (κ3) is 2.89. The summed E-state index contributed by atoms with van der Waals surface area (Å²) >= 11 is 0. The Labute approximate surface area is 130 Å². The van der Waals surface area contributed by atoms with Gasteiger partial charge < -0.3 is 5.11 Å². The van der Waals surface area contributed by atoms with Gasteiger partial charge in [0, 0.05) is 5.92 Å². The smallest absolute Gasteiger partial charge is 0.358 e. The third-order valence-corrected chi connectivity index (χ3v) is 4.09. The van der Waals surface area contributed by atoms with Crippen molar-refractivity contribution < 1.29 is 9.90 Å². The largest absolute Gasteiger partial charge is 0.476 e. The van der Waals surface area contributed by atoms with E-state index in [1.807, 2.05) is 0 Å². The number of rotatable bonds is 4. The van der Waals surface area contributed by atoms with Crippen LogP contribution in [0.5, 0.6) is 0 Å². The predicted molar refractivity (Wildman–Crippen MR) is 83.2 cm³/mol. The summed E-state index contributed by atoms with van der Waals surface area (Å²) in [7, 11) is 0. The third-order valence-electron chi connectivity index (χ3n) is 4.09. The van der Waals surface area contributed by atoms with E-state index in [4.69, 9.17) is 0 Å². The highest BCUT2D eigenvalue weighted by Crippen LogP contribution is 2.41. The topological polar surface area (TPSA) is 68.0 Å².